The van der Waals surface area contributed by atoms with Crippen LogP contribution in [-0.4, -0.2) is 15.0 Å². The number of fused-ring (bicyclic) bond motifs is 12. The molecule has 11 rings (SSSR count). The molecule has 0 saturated carbocycles. The van der Waals surface area contributed by atoms with Crippen LogP contribution in [0.4, 0.5) is 0 Å². The lowest BCUT2D eigenvalue weighted by atomic mass is 9.94. The Bertz CT molecular complexity index is 3160. The van der Waals surface area contributed by atoms with Gasteiger partial charge < -0.3 is 4.42 Å². The maximum absolute atomic E-state index is 6.42. The summed E-state index contributed by atoms with van der Waals surface area (Å²) < 4.78 is 8.95. The maximum Gasteiger partial charge on any atom is 0.164 e. The summed E-state index contributed by atoms with van der Waals surface area (Å²) in [4.78, 5) is 15.2. The SMILES string of the molecule is c1ccc(-c2nc(-c3ccc4c(ccc5ccc6c(ccc7c8ccccc8oc76)c54)c3)nc(-c3ccc4sc5ccccc5c4c3)n2)cc1. The molecule has 8 aromatic carbocycles. The summed E-state index contributed by atoms with van der Waals surface area (Å²) in [5.74, 6) is 1.96. The number of rotatable bonds is 3. The number of furan rings is 1. The van der Waals surface area contributed by atoms with Gasteiger partial charge >= 0.3 is 0 Å². The Hall–Kier alpha value is -6.43. The number of para-hydroxylation sites is 1. The Morgan fingerprint density at radius 2 is 0.980 bits per heavy atom. The number of hydrogen-bond acceptors (Lipinski definition) is 5. The number of thiophene rings is 1. The largest absolute Gasteiger partial charge is 0.455 e. The van der Waals surface area contributed by atoms with Crippen molar-refractivity contribution in [2.45, 2.75) is 0 Å². The van der Waals surface area contributed by atoms with E-state index in [1.54, 1.807) is 0 Å². The predicted molar refractivity (Wildman–Crippen MR) is 209 cm³/mol. The second-order valence-electron chi connectivity index (χ2n) is 12.8. The maximum atomic E-state index is 6.42. The van der Waals surface area contributed by atoms with Crippen molar-refractivity contribution >= 4 is 85.8 Å². The third-order valence-corrected chi connectivity index (χ3v) is 11.0. The fraction of sp³-hybridized carbons (Fsp3) is 0. The molecule has 0 fully saturated rings. The minimum atomic E-state index is 0.646. The monoisotopic (exact) mass is 655 g/mol. The molecule has 0 aliphatic rings. The summed E-state index contributed by atoms with van der Waals surface area (Å²) >= 11 is 1.81. The van der Waals surface area contributed by atoms with Crippen LogP contribution in [0.3, 0.4) is 0 Å². The summed E-state index contributed by atoms with van der Waals surface area (Å²) in [5.41, 5.74) is 4.71. The quantitative estimate of drug-likeness (QED) is 0.178. The van der Waals surface area contributed by atoms with E-state index in [4.69, 9.17) is 19.4 Å². The summed E-state index contributed by atoms with van der Waals surface area (Å²) in [7, 11) is 0. The number of hydrogen-bond donors (Lipinski definition) is 0. The van der Waals surface area contributed by atoms with Gasteiger partial charge in [0.25, 0.3) is 0 Å². The fourth-order valence-corrected chi connectivity index (χ4v) is 8.59. The topological polar surface area (TPSA) is 51.8 Å². The molecule has 0 aliphatic carbocycles. The first kappa shape index (κ1) is 27.5. The molecule has 11 aromatic rings. The second kappa shape index (κ2) is 10.5. The van der Waals surface area contributed by atoms with Gasteiger partial charge in [-0.05, 0) is 75.5 Å². The number of benzene rings is 8. The minimum absolute atomic E-state index is 0.646. The van der Waals surface area contributed by atoms with E-state index in [1.165, 1.54) is 41.7 Å². The molecule has 0 atom stereocenters. The van der Waals surface area contributed by atoms with Crippen molar-refractivity contribution in [2.24, 2.45) is 0 Å². The molecule has 0 bridgehead atoms. The van der Waals surface area contributed by atoms with E-state index >= 15 is 0 Å². The fourth-order valence-electron chi connectivity index (χ4n) is 7.51. The van der Waals surface area contributed by atoms with Crippen molar-refractivity contribution in [1.82, 2.24) is 15.0 Å². The molecule has 0 N–H and O–H groups in total. The van der Waals surface area contributed by atoms with Crippen LogP contribution in [0.1, 0.15) is 0 Å². The lowest BCUT2D eigenvalue weighted by Crippen LogP contribution is -2.00. The summed E-state index contributed by atoms with van der Waals surface area (Å²) in [6.45, 7) is 0. The van der Waals surface area contributed by atoms with Gasteiger partial charge in [-0.25, -0.2) is 15.0 Å². The van der Waals surface area contributed by atoms with E-state index in [2.05, 4.69) is 121 Å². The van der Waals surface area contributed by atoms with Gasteiger partial charge in [-0.1, -0.05) is 103 Å². The standard InChI is InChI=1S/C45H25N3OS/c1-2-8-27(9-3-1)43-46-44(48-45(47-43)30-18-23-40-37(25-30)33-11-5-7-13-39(33)50-40)29-17-19-31-28(24-29)15-14-26-16-20-36-34(41(26)31)21-22-35-32-10-4-6-12-38(32)49-42(35)36/h1-25H. The van der Waals surface area contributed by atoms with E-state index < -0.39 is 0 Å². The van der Waals surface area contributed by atoms with Gasteiger partial charge in [-0.15, -0.1) is 11.3 Å². The highest BCUT2D eigenvalue weighted by atomic mass is 32.1. The number of aromatic nitrogens is 3. The first-order valence-electron chi connectivity index (χ1n) is 16.7. The van der Waals surface area contributed by atoms with Crippen LogP contribution >= 0.6 is 11.3 Å². The molecule has 0 unspecified atom stereocenters. The van der Waals surface area contributed by atoms with E-state index in [-0.39, 0.29) is 0 Å². The smallest absolute Gasteiger partial charge is 0.164 e. The molecule has 0 spiro atoms. The molecule has 5 heteroatoms. The molecule has 3 heterocycles. The molecule has 4 nitrogen and oxygen atoms in total. The molecule has 0 radical (unpaired) electrons. The Morgan fingerprint density at radius 1 is 0.380 bits per heavy atom. The van der Waals surface area contributed by atoms with Crippen molar-refractivity contribution < 1.29 is 4.42 Å². The van der Waals surface area contributed by atoms with E-state index in [9.17, 15) is 0 Å². The van der Waals surface area contributed by atoms with Crippen molar-refractivity contribution in [2.75, 3.05) is 0 Å². The molecular weight excluding hydrogens is 631 g/mol. The average molecular weight is 656 g/mol. The van der Waals surface area contributed by atoms with Gasteiger partial charge in [0, 0.05) is 53.0 Å². The molecular formula is C45H25N3OS. The molecule has 0 amide bonds. The van der Waals surface area contributed by atoms with Gasteiger partial charge in [0.05, 0.1) is 0 Å². The van der Waals surface area contributed by atoms with Gasteiger partial charge in [-0.3, -0.25) is 0 Å². The van der Waals surface area contributed by atoms with Crippen LogP contribution in [0.5, 0.6) is 0 Å². The third-order valence-electron chi connectivity index (χ3n) is 9.90. The summed E-state index contributed by atoms with van der Waals surface area (Å²) in [5, 5.41) is 11.8. The first-order valence-corrected chi connectivity index (χ1v) is 17.5. The zero-order valence-corrected chi connectivity index (χ0v) is 27.4. The summed E-state index contributed by atoms with van der Waals surface area (Å²) in [6.07, 6.45) is 0. The Morgan fingerprint density at radius 3 is 1.86 bits per heavy atom. The van der Waals surface area contributed by atoms with Crippen molar-refractivity contribution in [1.29, 1.82) is 0 Å². The Labute approximate surface area is 289 Å². The Kier molecular flexibility index (Phi) is 5.80. The van der Waals surface area contributed by atoms with E-state index in [0.29, 0.717) is 17.5 Å². The number of nitrogens with zero attached hydrogens (tertiary/aromatic N) is 3. The zero-order valence-electron chi connectivity index (χ0n) is 26.6. The highest BCUT2D eigenvalue weighted by Crippen LogP contribution is 2.40. The third kappa shape index (κ3) is 4.14. The lowest BCUT2D eigenvalue weighted by molar-refractivity contribution is 0.672. The first-order chi connectivity index (χ1) is 24.7. The zero-order chi connectivity index (χ0) is 32.8. The second-order valence-corrected chi connectivity index (χ2v) is 13.9. The van der Waals surface area contributed by atoms with E-state index in [0.717, 1.165) is 49.4 Å². The Balaban J connectivity index is 1.11. The van der Waals surface area contributed by atoms with Crippen LogP contribution in [0.2, 0.25) is 0 Å². The van der Waals surface area contributed by atoms with Crippen LogP contribution in [0.25, 0.3) is 109 Å². The van der Waals surface area contributed by atoms with Crippen molar-refractivity contribution in [3.63, 3.8) is 0 Å². The lowest BCUT2D eigenvalue weighted by Gasteiger charge is -2.11. The molecule has 0 aliphatic heterocycles. The van der Waals surface area contributed by atoms with E-state index in [1.807, 2.05) is 41.7 Å². The minimum Gasteiger partial charge on any atom is -0.455 e. The van der Waals surface area contributed by atoms with Gasteiger partial charge in [0.2, 0.25) is 0 Å². The molecule has 50 heavy (non-hydrogen) atoms. The molecule has 232 valence electrons. The van der Waals surface area contributed by atoms with Crippen LogP contribution in [0, 0.1) is 0 Å². The van der Waals surface area contributed by atoms with Gasteiger partial charge in [0.15, 0.2) is 17.5 Å². The van der Waals surface area contributed by atoms with Crippen molar-refractivity contribution in [3.05, 3.63) is 152 Å². The molecule has 3 aromatic heterocycles. The van der Waals surface area contributed by atoms with Gasteiger partial charge in [-0.2, -0.15) is 0 Å². The van der Waals surface area contributed by atoms with Crippen LogP contribution < -0.4 is 0 Å². The highest BCUT2D eigenvalue weighted by molar-refractivity contribution is 7.25. The van der Waals surface area contributed by atoms with Gasteiger partial charge in [0.1, 0.15) is 11.2 Å². The van der Waals surface area contributed by atoms with Crippen LogP contribution in [0.15, 0.2) is 156 Å². The molecule has 0 saturated heterocycles. The average Bonchev–Trinajstić information content (AvgIpc) is 3.76. The van der Waals surface area contributed by atoms with Crippen LogP contribution in [-0.2, 0) is 0 Å². The normalized spacial score (nSPS) is 12.0. The predicted octanol–water partition coefficient (Wildman–Crippen LogP) is 12.6. The van der Waals surface area contributed by atoms with Crippen molar-refractivity contribution in [3.8, 4) is 34.2 Å². The highest BCUT2D eigenvalue weighted by Gasteiger charge is 2.16. The summed E-state index contributed by atoms with van der Waals surface area (Å²) in [6, 6.07) is 53.3.